The monoisotopic (exact) mass is 455 g/mol. The van der Waals surface area contributed by atoms with E-state index in [2.05, 4.69) is 15.6 Å². The quantitative estimate of drug-likeness (QED) is 0.358. The summed E-state index contributed by atoms with van der Waals surface area (Å²) >= 11 is 17.3. The number of amides is 1. The van der Waals surface area contributed by atoms with Crippen LogP contribution in [0.5, 0.6) is 0 Å². The van der Waals surface area contributed by atoms with Crippen molar-refractivity contribution in [2.24, 2.45) is 0 Å². The zero-order valence-corrected chi connectivity index (χ0v) is 18.0. The number of oxazole rings is 1. The molecule has 0 spiro atoms. The van der Waals surface area contributed by atoms with Gasteiger partial charge in [-0.1, -0.05) is 40.9 Å². The number of nitrogens with zero attached hydrogens (tertiary/aromatic N) is 1. The molecule has 4 aromatic rings. The fourth-order valence-electron chi connectivity index (χ4n) is 2.80. The van der Waals surface area contributed by atoms with Crippen LogP contribution in [-0.4, -0.2) is 16.0 Å². The van der Waals surface area contributed by atoms with E-state index in [0.29, 0.717) is 38.3 Å². The highest BCUT2D eigenvalue weighted by atomic mass is 35.5. The molecule has 0 aliphatic rings. The number of halogens is 2. The molecule has 0 unspecified atom stereocenters. The maximum absolute atomic E-state index is 12.3. The van der Waals surface area contributed by atoms with Gasteiger partial charge in [0.2, 0.25) is 5.89 Å². The number of fused-ring (bicyclic) bond motifs is 1. The van der Waals surface area contributed by atoms with Crippen LogP contribution in [0.1, 0.15) is 15.9 Å². The van der Waals surface area contributed by atoms with E-state index in [0.717, 1.165) is 11.1 Å². The van der Waals surface area contributed by atoms with Crippen molar-refractivity contribution in [3.8, 4) is 11.5 Å². The van der Waals surface area contributed by atoms with E-state index in [-0.39, 0.29) is 11.0 Å². The van der Waals surface area contributed by atoms with Gasteiger partial charge in [0.1, 0.15) is 5.52 Å². The molecular weight excluding hydrogens is 441 g/mol. The summed E-state index contributed by atoms with van der Waals surface area (Å²) in [5.41, 5.74) is 4.24. The molecule has 1 aromatic heterocycles. The molecule has 0 aliphatic carbocycles. The summed E-state index contributed by atoms with van der Waals surface area (Å²) in [6.07, 6.45) is 0. The highest BCUT2D eigenvalue weighted by molar-refractivity contribution is 7.80. The molecule has 0 fully saturated rings. The number of thiocarbonyl (C=S) groups is 1. The third-order valence-electron chi connectivity index (χ3n) is 4.35. The predicted octanol–water partition coefficient (Wildman–Crippen LogP) is 6.24. The molecule has 5 nitrogen and oxygen atoms in total. The van der Waals surface area contributed by atoms with Crippen molar-refractivity contribution >= 4 is 63.2 Å². The van der Waals surface area contributed by atoms with Crippen molar-refractivity contribution in [2.45, 2.75) is 6.92 Å². The Kier molecular flexibility index (Phi) is 5.72. The number of rotatable bonds is 3. The van der Waals surface area contributed by atoms with Crippen molar-refractivity contribution in [2.75, 3.05) is 5.32 Å². The molecule has 0 saturated heterocycles. The molecule has 150 valence electrons. The van der Waals surface area contributed by atoms with Crippen molar-refractivity contribution in [3.05, 3.63) is 81.8 Å². The van der Waals surface area contributed by atoms with Gasteiger partial charge < -0.3 is 9.73 Å². The molecular formula is C22H15Cl2N3O2S. The lowest BCUT2D eigenvalue weighted by Crippen LogP contribution is -2.34. The van der Waals surface area contributed by atoms with Gasteiger partial charge in [-0.2, -0.15) is 0 Å². The molecule has 1 heterocycles. The summed E-state index contributed by atoms with van der Waals surface area (Å²) in [5.74, 6) is 0.146. The Hall–Kier alpha value is -2.93. The van der Waals surface area contributed by atoms with E-state index in [1.807, 2.05) is 19.1 Å². The van der Waals surface area contributed by atoms with E-state index in [9.17, 15) is 4.79 Å². The van der Waals surface area contributed by atoms with Gasteiger partial charge >= 0.3 is 0 Å². The van der Waals surface area contributed by atoms with E-state index in [4.69, 9.17) is 39.8 Å². The number of carbonyl (C=O) groups is 1. The van der Waals surface area contributed by atoms with Crippen LogP contribution in [0.15, 0.2) is 65.1 Å². The fraction of sp³-hybridized carbons (Fsp3) is 0.0455. The van der Waals surface area contributed by atoms with Crippen LogP contribution in [0.25, 0.3) is 22.6 Å². The standard InChI is InChI=1S/C22H15Cl2N3O2S/c1-12-2-4-13(5-3-12)20(28)27-22(30)25-15-7-9-19-18(11-15)26-21(29-19)14-6-8-16(23)17(24)10-14/h2-11H,1H3,(H2,25,27,28,30). The first kappa shape index (κ1) is 20.3. The molecule has 4 rings (SSSR count). The van der Waals surface area contributed by atoms with Gasteiger partial charge in [0, 0.05) is 16.8 Å². The Morgan fingerprint density at radius 2 is 1.77 bits per heavy atom. The number of carbonyl (C=O) groups excluding carboxylic acids is 1. The summed E-state index contributed by atoms with van der Waals surface area (Å²) in [5, 5.41) is 6.73. The minimum absolute atomic E-state index is 0.188. The Balaban J connectivity index is 1.49. The molecule has 3 aromatic carbocycles. The van der Waals surface area contributed by atoms with E-state index < -0.39 is 0 Å². The number of anilines is 1. The van der Waals surface area contributed by atoms with E-state index in [1.54, 1.807) is 48.5 Å². The number of nitrogens with one attached hydrogen (secondary N) is 2. The molecule has 0 saturated carbocycles. The molecule has 0 atom stereocenters. The average Bonchev–Trinajstić information content (AvgIpc) is 3.13. The fourth-order valence-corrected chi connectivity index (χ4v) is 3.31. The summed E-state index contributed by atoms with van der Waals surface area (Å²) in [6.45, 7) is 1.96. The second-order valence-corrected chi connectivity index (χ2v) is 7.83. The topological polar surface area (TPSA) is 67.2 Å². The summed E-state index contributed by atoms with van der Waals surface area (Å²) in [7, 11) is 0. The van der Waals surface area contributed by atoms with Gasteiger partial charge in [-0.05, 0) is 67.7 Å². The lowest BCUT2D eigenvalue weighted by molar-refractivity contribution is 0.0977. The lowest BCUT2D eigenvalue weighted by Gasteiger charge is -2.09. The highest BCUT2D eigenvalue weighted by Gasteiger charge is 2.12. The minimum atomic E-state index is -0.281. The Bertz CT molecular complexity index is 1270. The van der Waals surface area contributed by atoms with Gasteiger partial charge in [-0.3, -0.25) is 10.1 Å². The predicted molar refractivity (Wildman–Crippen MR) is 124 cm³/mol. The first-order valence-corrected chi connectivity index (χ1v) is 10.1. The normalized spacial score (nSPS) is 10.8. The molecule has 0 aliphatic heterocycles. The number of aromatic nitrogens is 1. The van der Waals surface area contributed by atoms with E-state index >= 15 is 0 Å². The number of hydrogen-bond acceptors (Lipinski definition) is 4. The Labute approximate surface area is 188 Å². The van der Waals surface area contributed by atoms with Gasteiger partial charge in [0.05, 0.1) is 10.0 Å². The summed E-state index contributed by atoms with van der Waals surface area (Å²) in [6, 6.07) is 17.8. The second kappa shape index (κ2) is 8.44. The van der Waals surface area contributed by atoms with Gasteiger partial charge in [-0.25, -0.2) is 4.98 Å². The first-order valence-electron chi connectivity index (χ1n) is 8.94. The van der Waals surface area contributed by atoms with Crippen molar-refractivity contribution in [1.29, 1.82) is 0 Å². The van der Waals surface area contributed by atoms with Gasteiger partial charge in [-0.15, -0.1) is 0 Å². The SMILES string of the molecule is Cc1ccc(C(=O)NC(=S)Nc2ccc3oc(-c4ccc(Cl)c(Cl)c4)nc3c2)cc1. The van der Waals surface area contributed by atoms with Crippen LogP contribution in [0.4, 0.5) is 5.69 Å². The molecule has 0 bridgehead atoms. The van der Waals surface area contributed by atoms with Crippen molar-refractivity contribution in [1.82, 2.24) is 10.3 Å². The molecule has 2 N–H and O–H groups in total. The molecule has 30 heavy (non-hydrogen) atoms. The second-order valence-electron chi connectivity index (χ2n) is 6.60. The number of hydrogen-bond donors (Lipinski definition) is 2. The van der Waals surface area contributed by atoms with Gasteiger partial charge in [0.15, 0.2) is 10.7 Å². The number of aryl methyl sites for hydroxylation is 1. The van der Waals surface area contributed by atoms with Crippen LogP contribution in [0.2, 0.25) is 10.0 Å². The van der Waals surface area contributed by atoms with Crippen LogP contribution in [0, 0.1) is 6.92 Å². The minimum Gasteiger partial charge on any atom is -0.436 e. The third-order valence-corrected chi connectivity index (χ3v) is 5.30. The Morgan fingerprint density at radius 1 is 1.00 bits per heavy atom. The highest BCUT2D eigenvalue weighted by Crippen LogP contribution is 2.30. The smallest absolute Gasteiger partial charge is 0.257 e. The van der Waals surface area contributed by atoms with Crippen LogP contribution in [-0.2, 0) is 0 Å². The average molecular weight is 456 g/mol. The van der Waals surface area contributed by atoms with Crippen LogP contribution < -0.4 is 10.6 Å². The maximum atomic E-state index is 12.3. The molecule has 1 amide bonds. The third kappa shape index (κ3) is 4.46. The maximum Gasteiger partial charge on any atom is 0.257 e. The summed E-state index contributed by atoms with van der Waals surface area (Å²) in [4.78, 5) is 16.8. The van der Waals surface area contributed by atoms with Crippen molar-refractivity contribution in [3.63, 3.8) is 0 Å². The molecule has 0 radical (unpaired) electrons. The largest absolute Gasteiger partial charge is 0.436 e. The summed E-state index contributed by atoms with van der Waals surface area (Å²) < 4.78 is 5.80. The number of benzene rings is 3. The first-order chi connectivity index (χ1) is 14.4. The van der Waals surface area contributed by atoms with E-state index in [1.165, 1.54) is 0 Å². The zero-order chi connectivity index (χ0) is 21.3. The Morgan fingerprint density at radius 3 is 2.50 bits per heavy atom. The molecule has 8 heteroatoms. The van der Waals surface area contributed by atoms with Crippen LogP contribution >= 0.6 is 35.4 Å². The lowest BCUT2D eigenvalue weighted by atomic mass is 10.1. The van der Waals surface area contributed by atoms with Crippen LogP contribution in [0.3, 0.4) is 0 Å². The zero-order valence-electron chi connectivity index (χ0n) is 15.7. The van der Waals surface area contributed by atoms with Gasteiger partial charge in [0.25, 0.3) is 5.91 Å². The van der Waals surface area contributed by atoms with Crippen molar-refractivity contribution < 1.29 is 9.21 Å².